The van der Waals surface area contributed by atoms with Crippen LogP contribution >= 0.6 is 0 Å². The molecular weight excluding hydrogens is 462 g/mol. The summed E-state index contributed by atoms with van der Waals surface area (Å²) in [6.07, 6.45) is 21.3. The van der Waals surface area contributed by atoms with Crippen molar-refractivity contribution in [3.8, 4) is 0 Å². The molecule has 1 atom stereocenters. The molecule has 5 rings (SSSR count). The SMILES string of the molecule is C1=CCC(CN/C=C\C=C/C2CC2)C=C1.Cc1cc(N(Cc2ccccc2)Cc2ccccc2)ccc1N. The second-order valence-electron chi connectivity index (χ2n) is 10.2. The van der Waals surface area contributed by atoms with E-state index in [1.54, 1.807) is 0 Å². The summed E-state index contributed by atoms with van der Waals surface area (Å²) in [4.78, 5) is 2.39. The zero-order valence-corrected chi connectivity index (χ0v) is 22.5. The van der Waals surface area contributed by atoms with Crippen molar-refractivity contribution in [2.45, 2.75) is 39.3 Å². The molecule has 0 aromatic heterocycles. The molecule has 0 aliphatic heterocycles. The van der Waals surface area contributed by atoms with Gasteiger partial charge in [0.2, 0.25) is 0 Å². The lowest BCUT2D eigenvalue weighted by atomic mass is 10.0. The molecule has 196 valence electrons. The molecule has 2 aliphatic carbocycles. The third-order valence-corrected chi connectivity index (χ3v) is 6.83. The largest absolute Gasteiger partial charge is 0.399 e. The molecule has 0 amide bonds. The van der Waals surface area contributed by atoms with E-state index in [0.717, 1.165) is 43.2 Å². The van der Waals surface area contributed by atoms with Gasteiger partial charge in [0.15, 0.2) is 0 Å². The number of nitrogen functional groups attached to an aromatic ring is 1. The lowest BCUT2D eigenvalue weighted by Gasteiger charge is -2.26. The highest BCUT2D eigenvalue weighted by atomic mass is 15.1. The van der Waals surface area contributed by atoms with Crippen molar-refractivity contribution in [2.75, 3.05) is 17.2 Å². The highest BCUT2D eigenvalue weighted by molar-refractivity contribution is 5.58. The Morgan fingerprint density at radius 3 is 2.13 bits per heavy atom. The molecule has 0 heterocycles. The maximum atomic E-state index is 5.98. The van der Waals surface area contributed by atoms with Crippen LogP contribution in [0.15, 0.2) is 128 Å². The smallest absolute Gasteiger partial charge is 0.0433 e. The van der Waals surface area contributed by atoms with Gasteiger partial charge in [0.05, 0.1) is 0 Å². The first-order valence-electron chi connectivity index (χ1n) is 13.8. The van der Waals surface area contributed by atoms with Crippen LogP contribution in [-0.4, -0.2) is 6.54 Å². The fraction of sp³-hybridized carbons (Fsp3) is 0.257. The Morgan fingerprint density at radius 2 is 1.55 bits per heavy atom. The van der Waals surface area contributed by atoms with E-state index in [0.29, 0.717) is 5.92 Å². The topological polar surface area (TPSA) is 41.3 Å². The lowest BCUT2D eigenvalue weighted by Crippen LogP contribution is -2.22. The molecule has 3 heteroatoms. The van der Waals surface area contributed by atoms with Crippen LogP contribution in [0.1, 0.15) is 36.0 Å². The van der Waals surface area contributed by atoms with Gasteiger partial charge in [0, 0.05) is 31.0 Å². The number of anilines is 2. The molecule has 0 spiro atoms. The number of benzene rings is 3. The average molecular weight is 504 g/mol. The molecule has 38 heavy (non-hydrogen) atoms. The van der Waals surface area contributed by atoms with Crippen molar-refractivity contribution in [3.63, 3.8) is 0 Å². The first kappa shape index (κ1) is 27.1. The molecular formula is C35H41N3. The molecule has 0 saturated heterocycles. The highest BCUT2D eigenvalue weighted by Gasteiger charge is 2.16. The Morgan fingerprint density at radius 1 is 0.868 bits per heavy atom. The van der Waals surface area contributed by atoms with Gasteiger partial charge in [-0.05, 0) is 85.2 Å². The van der Waals surface area contributed by atoms with Gasteiger partial charge in [-0.3, -0.25) is 0 Å². The summed E-state index contributed by atoms with van der Waals surface area (Å²) in [6.45, 7) is 4.84. The number of hydrogen-bond acceptors (Lipinski definition) is 3. The van der Waals surface area contributed by atoms with Gasteiger partial charge in [-0.2, -0.15) is 0 Å². The second-order valence-corrected chi connectivity index (χ2v) is 10.2. The van der Waals surface area contributed by atoms with E-state index in [1.807, 2.05) is 12.3 Å². The van der Waals surface area contributed by atoms with Crippen molar-refractivity contribution in [2.24, 2.45) is 11.8 Å². The first-order valence-corrected chi connectivity index (χ1v) is 13.8. The van der Waals surface area contributed by atoms with Crippen LogP contribution in [0.25, 0.3) is 0 Å². The first-order chi connectivity index (χ1) is 18.7. The summed E-state index contributed by atoms with van der Waals surface area (Å²) in [5, 5.41) is 3.33. The van der Waals surface area contributed by atoms with Crippen LogP contribution in [-0.2, 0) is 13.1 Å². The standard InChI is InChI=1S/C21H22N2.C14H19N/c1-17-14-20(12-13-21(17)22)23(15-18-8-4-2-5-9-18)16-19-10-6-3-7-11-19;1-2-7-14(8-3-1)12-15-11-5-4-6-13-9-10-13/h2-14H,15-16,22H2,1H3;1-7,11,13-15H,8-10,12H2/b;6-4-,11-5-. The Hall–Kier alpha value is -3.98. The van der Waals surface area contributed by atoms with Gasteiger partial charge in [-0.1, -0.05) is 97.1 Å². The average Bonchev–Trinajstić information content (AvgIpc) is 3.79. The van der Waals surface area contributed by atoms with Crippen molar-refractivity contribution >= 4 is 11.4 Å². The molecule has 2 aliphatic rings. The van der Waals surface area contributed by atoms with Gasteiger partial charge >= 0.3 is 0 Å². The van der Waals surface area contributed by atoms with Crippen molar-refractivity contribution < 1.29 is 0 Å². The van der Waals surface area contributed by atoms with E-state index in [-0.39, 0.29) is 0 Å². The Bertz CT molecular complexity index is 1180. The summed E-state index contributed by atoms with van der Waals surface area (Å²) in [6, 6.07) is 27.4. The van der Waals surface area contributed by atoms with Crippen LogP contribution in [0.4, 0.5) is 11.4 Å². The molecule has 1 unspecified atom stereocenters. The Labute approximate surface area is 229 Å². The van der Waals surface area contributed by atoms with Gasteiger partial charge in [0.1, 0.15) is 0 Å². The molecule has 0 bridgehead atoms. The van der Waals surface area contributed by atoms with Crippen LogP contribution in [0.2, 0.25) is 0 Å². The molecule has 3 aromatic rings. The van der Waals surface area contributed by atoms with Gasteiger partial charge in [-0.15, -0.1) is 0 Å². The summed E-state index contributed by atoms with van der Waals surface area (Å²) in [7, 11) is 0. The molecule has 1 saturated carbocycles. The van der Waals surface area contributed by atoms with Crippen LogP contribution in [0.5, 0.6) is 0 Å². The molecule has 3 N–H and O–H groups in total. The third-order valence-electron chi connectivity index (χ3n) is 6.83. The zero-order valence-electron chi connectivity index (χ0n) is 22.5. The van der Waals surface area contributed by atoms with E-state index in [1.165, 1.54) is 29.7 Å². The van der Waals surface area contributed by atoms with Crippen molar-refractivity contribution in [1.29, 1.82) is 0 Å². The fourth-order valence-corrected chi connectivity index (χ4v) is 4.34. The summed E-state index contributed by atoms with van der Waals surface area (Å²) >= 11 is 0. The normalized spacial score (nSPS) is 16.4. The van der Waals surface area contributed by atoms with Crippen LogP contribution in [0, 0.1) is 18.8 Å². The van der Waals surface area contributed by atoms with E-state index >= 15 is 0 Å². The maximum Gasteiger partial charge on any atom is 0.0433 e. The molecule has 1 fully saturated rings. The number of aryl methyl sites for hydroxylation is 1. The highest BCUT2D eigenvalue weighted by Crippen LogP contribution is 2.30. The lowest BCUT2D eigenvalue weighted by molar-refractivity contribution is 0.618. The van der Waals surface area contributed by atoms with Gasteiger partial charge in [0.25, 0.3) is 0 Å². The number of rotatable bonds is 10. The Kier molecular flexibility index (Phi) is 10.5. The molecule has 0 radical (unpaired) electrons. The van der Waals surface area contributed by atoms with E-state index in [4.69, 9.17) is 5.73 Å². The molecule has 3 aromatic carbocycles. The van der Waals surface area contributed by atoms with E-state index in [9.17, 15) is 0 Å². The minimum Gasteiger partial charge on any atom is -0.399 e. The third kappa shape index (κ3) is 9.48. The zero-order chi connectivity index (χ0) is 26.4. The maximum absolute atomic E-state index is 5.98. The number of nitrogens with zero attached hydrogens (tertiary/aromatic N) is 1. The molecule has 3 nitrogen and oxygen atoms in total. The number of nitrogens with one attached hydrogen (secondary N) is 1. The Balaban J connectivity index is 0.000000194. The minimum atomic E-state index is 0.659. The summed E-state index contributed by atoms with van der Waals surface area (Å²) in [5.74, 6) is 1.54. The van der Waals surface area contributed by atoms with Crippen LogP contribution in [0.3, 0.4) is 0 Å². The summed E-state index contributed by atoms with van der Waals surface area (Å²) < 4.78 is 0. The second kappa shape index (κ2) is 14.7. The predicted molar refractivity (Wildman–Crippen MR) is 164 cm³/mol. The fourth-order valence-electron chi connectivity index (χ4n) is 4.34. The predicted octanol–water partition coefficient (Wildman–Crippen LogP) is 7.97. The monoisotopic (exact) mass is 503 g/mol. The van der Waals surface area contributed by atoms with E-state index < -0.39 is 0 Å². The summed E-state index contributed by atoms with van der Waals surface area (Å²) in [5.41, 5.74) is 11.7. The number of nitrogens with two attached hydrogens (primary N) is 1. The number of allylic oxidation sites excluding steroid dienone is 6. The van der Waals surface area contributed by atoms with Crippen molar-refractivity contribution in [1.82, 2.24) is 5.32 Å². The minimum absolute atomic E-state index is 0.659. The van der Waals surface area contributed by atoms with Crippen LogP contribution < -0.4 is 16.0 Å². The van der Waals surface area contributed by atoms with Gasteiger partial charge < -0.3 is 16.0 Å². The number of hydrogen-bond donors (Lipinski definition) is 2. The quantitative estimate of drug-likeness (QED) is 0.218. The van der Waals surface area contributed by atoms with E-state index in [2.05, 4.69) is 132 Å². The van der Waals surface area contributed by atoms with Crippen molar-refractivity contribution in [3.05, 3.63) is 144 Å². The van der Waals surface area contributed by atoms with Gasteiger partial charge in [-0.25, -0.2) is 0 Å².